The van der Waals surface area contributed by atoms with Crippen LogP contribution in [0.25, 0.3) is 0 Å². The van der Waals surface area contributed by atoms with Crippen LogP contribution in [0, 0.1) is 5.92 Å². The Morgan fingerprint density at radius 1 is 1.04 bits per heavy atom. The summed E-state index contributed by atoms with van der Waals surface area (Å²) in [5.74, 6) is -1.14. The SMILES string of the molecule is CC(C)(CNC(=O)NC1CCC(C(=O)O)CC1)c1ccc(C(F)(F)F)cc1. The van der Waals surface area contributed by atoms with E-state index in [1.807, 2.05) is 13.8 Å². The van der Waals surface area contributed by atoms with Crippen LogP contribution in [0.5, 0.6) is 0 Å². The first kappa shape index (κ1) is 21.1. The number of nitrogens with one attached hydrogen (secondary N) is 2. The molecule has 0 unspecified atom stereocenters. The van der Waals surface area contributed by atoms with Gasteiger partial charge in [0.05, 0.1) is 11.5 Å². The van der Waals surface area contributed by atoms with Crippen LogP contribution in [0.2, 0.25) is 0 Å². The van der Waals surface area contributed by atoms with E-state index < -0.39 is 23.1 Å². The molecule has 8 heteroatoms. The van der Waals surface area contributed by atoms with Crippen molar-refractivity contribution < 1.29 is 27.9 Å². The maximum atomic E-state index is 12.7. The van der Waals surface area contributed by atoms with Gasteiger partial charge in [-0.3, -0.25) is 4.79 Å². The van der Waals surface area contributed by atoms with Crippen molar-refractivity contribution >= 4 is 12.0 Å². The van der Waals surface area contributed by atoms with Gasteiger partial charge in [0, 0.05) is 18.0 Å². The van der Waals surface area contributed by atoms with Gasteiger partial charge < -0.3 is 15.7 Å². The topological polar surface area (TPSA) is 78.4 Å². The third-order valence-corrected chi connectivity index (χ3v) is 5.10. The molecule has 0 heterocycles. The molecule has 0 saturated heterocycles. The first-order valence-corrected chi connectivity index (χ1v) is 8.94. The van der Waals surface area contributed by atoms with Crippen molar-refractivity contribution in [1.29, 1.82) is 0 Å². The molecule has 0 atom stereocenters. The lowest BCUT2D eigenvalue weighted by Gasteiger charge is -2.29. The highest BCUT2D eigenvalue weighted by Crippen LogP contribution is 2.31. The van der Waals surface area contributed by atoms with Crippen LogP contribution in [0.3, 0.4) is 0 Å². The summed E-state index contributed by atoms with van der Waals surface area (Å²) in [4.78, 5) is 23.0. The number of benzene rings is 1. The van der Waals surface area contributed by atoms with Gasteiger partial charge in [0.25, 0.3) is 0 Å². The van der Waals surface area contributed by atoms with E-state index in [9.17, 15) is 22.8 Å². The van der Waals surface area contributed by atoms with Gasteiger partial charge in [-0.05, 0) is 43.4 Å². The zero-order valence-electron chi connectivity index (χ0n) is 15.4. The Bertz CT molecular complexity index is 664. The van der Waals surface area contributed by atoms with E-state index in [0.29, 0.717) is 31.2 Å². The van der Waals surface area contributed by atoms with Crippen LogP contribution in [-0.4, -0.2) is 29.7 Å². The second-order valence-electron chi connectivity index (χ2n) is 7.67. The molecule has 1 aromatic rings. The van der Waals surface area contributed by atoms with Gasteiger partial charge in [0.15, 0.2) is 0 Å². The minimum atomic E-state index is -4.37. The Hall–Kier alpha value is -2.25. The number of halogens is 3. The summed E-state index contributed by atoms with van der Waals surface area (Å²) in [6.45, 7) is 3.94. The van der Waals surface area contributed by atoms with Crippen molar-refractivity contribution in [2.24, 2.45) is 5.92 Å². The molecule has 2 amide bonds. The number of aliphatic carboxylic acids is 1. The van der Waals surface area contributed by atoms with E-state index in [1.54, 1.807) is 0 Å². The van der Waals surface area contributed by atoms with Gasteiger partial charge in [-0.15, -0.1) is 0 Å². The third-order valence-electron chi connectivity index (χ3n) is 5.10. The van der Waals surface area contributed by atoms with Crippen molar-refractivity contribution in [2.75, 3.05) is 6.54 Å². The molecule has 0 spiro atoms. The number of alkyl halides is 3. The van der Waals surface area contributed by atoms with Crippen molar-refractivity contribution in [2.45, 2.75) is 57.2 Å². The lowest BCUT2D eigenvalue weighted by molar-refractivity contribution is -0.143. The quantitative estimate of drug-likeness (QED) is 0.718. The van der Waals surface area contributed by atoms with E-state index in [2.05, 4.69) is 10.6 Å². The Labute approximate surface area is 156 Å². The number of carboxylic acids is 1. The van der Waals surface area contributed by atoms with Crippen LogP contribution in [0.15, 0.2) is 24.3 Å². The smallest absolute Gasteiger partial charge is 0.416 e. The Morgan fingerprint density at radius 2 is 1.56 bits per heavy atom. The van der Waals surface area contributed by atoms with Crippen LogP contribution in [-0.2, 0) is 16.4 Å². The number of urea groups is 1. The Balaban J connectivity index is 1.84. The van der Waals surface area contributed by atoms with Crippen molar-refractivity contribution in [3.8, 4) is 0 Å². The molecule has 1 saturated carbocycles. The van der Waals surface area contributed by atoms with Crippen LogP contribution < -0.4 is 10.6 Å². The molecule has 2 rings (SSSR count). The molecule has 27 heavy (non-hydrogen) atoms. The Kier molecular flexibility index (Phi) is 6.38. The molecule has 1 aliphatic carbocycles. The number of hydrogen-bond acceptors (Lipinski definition) is 2. The summed E-state index contributed by atoms with van der Waals surface area (Å²) in [5.41, 5.74) is -0.551. The zero-order chi connectivity index (χ0) is 20.2. The summed E-state index contributed by atoms with van der Waals surface area (Å²) in [5, 5.41) is 14.6. The fourth-order valence-corrected chi connectivity index (χ4v) is 3.23. The molecule has 0 radical (unpaired) electrons. The minimum absolute atomic E-state index is 0.0604. The lowest BCUT2D eigenvalue weighted by Crippen LogP contribution is -2.47. The fraction of sp³-hybridized carbons (Fsp3) is 0.579. The van der Waals surface area contributed by atoms with Gasteiger partial charge in [-0.25, -0.2) is 4.79 Å². The average Bonchev–Trinajstić information content (AvgIpc) is 2.60. The molecular formula is C19H25F3N2O3. The fourth-order valence-electron chi connectivity index (χ4n) is 3.23. The second kappa shape index (κ2) is 8.19. The van der Waals surface area contributed by atoms with Crippen LogP contribution in [0.1, 0.15) is 50.7 Å². The zero-order valence-corrected chi connectivity index (χ0v) is 15.4. The number of amides is 2. The molecule has 1 aliphatic rings. The third kappa shape index (κ3) is 5.87. The number of rotatable bonds is 5. The number of carbonyl (C=O) groups excluding carboxylic acids is 1. The van der Waals surface area contributed by atoms with Crippen molar-refractivity contribution in [3.63, 3.8) is 0 Å². The molecule has 0 aromatic heterocycles. The second-order valence-corrected chi connectivity index (χ2v) is 7.67. The number of hydrogen-bond donors (Lipinski definition) is 3. The largest absolute Gasteiger partial charge is 0.481 e. The normalized spacial score (nSPS) is 20.8. The lowest BCUT2D eigenvalue weighted by atomic mass is 9.84. The van der Waals surface area contributed by atoms with E-state index in [0.717, 1.165) is 12.1 Å². The predicted molar refractivity (Wildman–Crippen MR) is 94.4 cm³/mol. The summed E-state index contributed by atoms with van der Waals surface area (Å²) < 4.78 is 38.0. The Morgan fingerprint density at radius 3 is 2.04 bits per heavy atom. The summed E-state index contributed by atoms with van der Waals surface area (Å²) in [6.07, 6.45) is -2.06. The van der Waals surface area contributed by atoms with E-state index in [-0.39, 0.29) is 24.5 Å². The summed E-state index contributed by atoms with van der Waals surface area (Å²) >= 11 is 0. The molecule has 5 nitrogen and oxygen atoms in total. The van der Waals surface area contributed by atoms with Gasteiger partial charge >= 0.3 is 18.2 Å². The van der Waals surface area contributed by atoms with E-state index >= 15 is 0 Å². The number of carbonyl (C=O) groups is 2. The highest BCUT2D eigenvalue weighted by atomic mass is 19.4. The standard InChI is InChI=1S/C19H25F3N2O3/c1-18(2,13-5-7-14(8-6-13)19(20,21)22)11-23-17(27)24-15-9-3-12(4-10-15)16(25)26/h5-8,12,15H,3-4,9-11H2,1-2H3,(H,25,26)(H2,23,24,27). The molecule has 1 aromatic carbocycles. The highest BCUT2D eigenvalue weighted by Gasteiger charge is 2.31. The molecule has 3 N–H and O–H groups in total. The molecular weight excluding hydrogens is 361 g/mol. The summed E-state index contributed by atoms with van der Waals surface area (Å²) in [7, 11) is 0. The highest BCUT2D eigenvalue weighted by molar-refractivity contribution is 5.74. The van der Waals surface area contributed by atoms with Crippen molar-refractivity contribution in [3.05, 3.63) is 35.4 Å². The molecule has 1 fully saturated rings. The van der Waals surface area contributed by atoms with E-state index in [1.165, 1.54) is 12.1 Å². The van der Waals surface area contributed by atoms with Gasteiger partial charge in [0.1, 0.15) is 0 Å². The van der Waals surface area contributed by atoms with Crippen molar-refractivity contribution in [1.82, 2.24) is 10.6 Å². The average molecular weight is 386 g/mol. The van der Waals surface area contributed by atoms with Crippen LogP contribution in [0.4, 0.5) is 18.0 Å². The molecule has 150 valence electrons. The summed E-state index contributed by atoms with van der Waals surface area (Å²) in [6, 6.07) is 4.52. The van der Waals surface area contributed by atoms with Gasteiger partial charge in [-0.1, -0.05) is 26.0 Å². The first-order valence-electron chi connectivity index (χ1n) is 8.94. The van der Waals surface area contributed by atoms with Crippen LogP contribution >= 0.6 is 0 Å². The molecule has 0 aliphatic heterocycles. The van der Waals surface area contributed by atoms with Gasteiger partial charge in [-0.2, -0.15) is 13.2 Å². The monoisotopic (exact) mass is 386 g/mol. The number of carboxylic acid groups (broad SMARTS) is 1. The van der Waals surface area contributed by atoms with Gasteiger partial charge in [0.2, 0.25) is 0 Å². The predicted octanol–water partition coefficient (Wildman–Crippen LogP) is 3.93. The maximum Gasteiger partial charge on any atom is 0.416 e. The van der Waals surface area contributed by atoms with E-state index in [4.69, 9.17) is 5.11 Å². The minimum Gasteiger partial charge on any atom is -0.481 e. The maximum absolute atomic E-state index is 12.7. The molecule has 0 bridgehead atoms. The first-order chi connectivity index (χ1) is 12.5.